The van der Waals surface area contributed by atoms with Crippen molar-refractivity contribution in [3.05, 3.63) is 11.6 Å². The van der Waals surface area contributed by atoms with Gasteiger partial charge in [0.1, 0.15) is 79.0 Å². The van der Waals surface area contributed by atoms with Gasteiger partial charge in [0.25, 0.3) is 0 Å². The van der Waals surface area contributed by atoms with Gasteiger partial charge in [-0.3, -0.25) is 4.79 Å². The lowest BCUT2D eigenvalue weighted by Gasteiger charge is -2.58. The average molecular weight is 931 g/mol. The van der Waals surface area contributed by atoms with Gasteiger partial charge in [0.2, 0.25) is 0 Å². The molecule has 5 saturated heterocycles. The molecule has 370 valence electrons. The monoisotopic (exact) mass is 930 g/mol. The van der Waals surface area contributed by atoms with E-state index >= 15 is 0 Å². The molecule has 8 fully saturated rings. The fourth-order valence-electron chi connectivity index (χ4n) is 13.8. The minimum absolute atomic E-state index is 0.00712. The van der Waals surface area contributed by atoms with Gasteiger partial charge in [-0.15, -0.1) is 0 Å². The number of hydrogen-bond acceptors (Lipinski definition) is 20. The van der Waals surface area contributed by atoms with Crippen LogP contribution in [-0.2, 0) is 42.7 Å². The predicted octanol–water partition coefficient (Wildman–Crippen LogP) is -2.66. The number of hydrogen-bond donors (Lipinski definition) is 11. The molecule has 65 heavy (non-hydrogen) atoms. The lowest BCUT2D eigenvalue weighted by atomic mass is 9.46. The molecular weight excluding hydrogens is 860 g/mol. The highest BCUT2D eigenvalue weighted by atomic mass is 16.8. The molecule has 0 bridgehead atoms. The normalized spacial score (nSPS) is 56.7. The van der Waals surface area contributed by atoms with E-state index in [4.69, 9.17) is 37.9 Å². The summed E-state index contributed by atoms with van der Waals surface area (Å²) in [5.74, 6) is -0.146. The van der Waals surface area contributed by atoms with E-state index in [0.29, 0.717) is 38.7 Å². The standard InChI is InChI=1S/C45H70O20/c1-17-16-58-45(12-24(17)49)18(2)30-25(65-45)10-23-21-6-5-19-9-20(7-8-43(19,3)22(21)11-29(50)44(23,30)4)59-40-37(57)35(55)38(28(15-48)62-40)63-42-39(34(54)32(52)27(14-47)61-42)64-41-36(56)33(53)31(51)26(13-46)60-41/h5,17-18,20-28,30-42,46-49,51-57H,6-16H2,1-4H3. The van der Waals surface area contributed by atoms with E-state index in [2.05, 4.69) is 26.8 Å². The maximum Gasteiger partial charge on any atom is 0.187 e. The van der Waals surface area contributed by atoms with Crippen LogP contribution in [0.1, 0.15) is 72.6 Å². The summed E-state index contributed by atoms with van der Waals surface area (Å²) in [6.07, 6.45) is -19.9. The lowest BCUT2D eigenvalue weighted by molar-refractivity contribution is -0.390. The minimum Gasteiger partial charge on any atom is -0.394 e. The van der Waals surface area contributed by atoms with Gasteiger partial charge in [-0.05, 0) is 55.3 Å². The van der Waals surface area contributed by atoms with Crippen molar-refractivity contribution in [3.8, 4) is 0 Å². The second-order valence-electron chi connectivity index (χ2n) is 21.1. The number of ketones is 1. The Kier molecular flexibility index (Phi) is 13.6. The third-order valence-corrected chi connectivity index (χ3v) is 17.7. The van der Waals surface area contributed by atoms with Gasteiger partial charge >= 0.3 is 0 Å². The minimum atomic E-state index is -1.91. The number of rotatable bonds is 9. The average Bonchev–Trinajstić information content (AvgIpc) is 3.73. The van der Waals surface area contributed by atoms with E-state index in [0.717, 1.165) is 18.4 Å². The van der Waals surface area contributed by atoms with Gasteiger partial charge in [-0.2, -0.15) is 0 Å². The summed E-state index contributed by atoms with van der Waals surface area (Å²) in [5, 5.41) is 117. The maximum absolute atomic E-state index is 14.6. The van der Waals surface area contributed by atoms with Gasteiger partial charge in [-0.25, -0.2) is 0 Å². The molecule has 4 aliphatic carbocycles. The Hall–Kier alpha value is -1.35. The van der Waals surface area contributed by atoms with Crippen molar-refractivity contribution in [3.63, 3.8) is 0 Å². The van der Waals surface area contributed by atoms with Crippen LogP contribution in [0.15, 0.2) is 11.6 Å². The van der Waals surface area contributed by atoms with Gasteiger partial charge in [0.05, 0.1) is 44.7 Å². The molecule has 27 unspecified atom stereocenters. The molecule has 3 saturated carbocycles. The Morgan fingerprint density at radius 1 is 0.708 bits per heavy atom. The number of allylic oxidation sites excluding steroid dienone is 1. The molecule has 11 N–H and O–H groups in total. The molecule has 0 aromatic rings. The SMILES string of the molecule is CC1COC2(CC1O)OC1CC3C4CC=C5CC(OC6OC(CO)C(OC7OC(CO)C(O)C(O)C7OC7OC(CO)C(O)C(O)C7O)C(O)C6O)CCC5(C)C4CC(=O)C3(C)C1C2C. The highest BCUT2D eigenvalue weighted by Gasteiger charge is 2.72. The number of Topliss-reactive ketones (excluding diaryl/α,β-unsaturated/α-hetero) is 1. The summed E-state index contributed by atoms with van der Waals surface area (Å²) >= 11 is 0. The van der Waals surface area contributed by atoms with Crippen molar-refractivity contribution in [1.82, 2.24) is 0 Å². The van der Waals surface area contributed by atoms with Crippen molar-refractivity contribution in [1.29, 1.82) is 0 Å². The van der Waals surface area contributed by atoms with E-state index < -0.39 is 135 Å². The molecule has 0 amide bonds. The number of ether oxygens (including phenoxy) is 8. The van der Waals surface area contributed by atoms with Crippen LogP contribution < -0.4 is 0 Å². The molecule has 0 aromatic carbocycles. The van der Waals surface area contributed by atoms with E-state index in [-0.39, 0.29) is 52.8 Å². The topological polar surface area (TPSA) is 313 Å². The van der Waals surface area contributed by atoms with Gasteiger partial charge < -0.3 is 94.1 Å². The highest BCUT2D eigenvalue weighted by Crippen LogP contribution is 2.69. The first-order chi connectivity index (χ1) is 30.8. The maximum atomic E-state index is 14.6. The van der Waals surface area contributed by atoms with Crippen LogP contribution in [0.2, 0.25) is 0 Å². The van der Waals surface area contributed by atoms with Crippen molar-refractivity contribution in [2.75, 3.05) is 26.4 Å². The highest BCUT2D eigenvalue weighted by molar-refractivity contribution is 5.87. The predicted molar refractivity (Wildman–Crippen MR) is 217 cm³/mol. The van der Waals surface area contributed by atoms with Crippen LogP contribution in [0.3, 0.4) is 0 Å². The smallest absolute Gasteiger partial charge is 0.187 e. The molecule has 5 heterocycles. The summed E-state index contributed by atoms with van der Waals surface area (Å²) in [4.78, 5) is 14.6. The number of carbonyl (C=O) groups is 1. The largest absolute Gasteiger partial charge is 0.394 e. The van der Waals surface area contributed by atoms with Crippen LogP contribution in [0.4, 0.5) is 0 Å². The molecule has 0 radical (unpaired) electrons. The summed E-state index contributed by atoms with van der Waals surface area (Å²) in [7, 11) is 0. The second kappa shape index (κ2) is 18.1. The Morgan fingerprint density at radius 3 is 1.98 bits per heavy atom. The first-order valence-corrected chi connectivity index (χ1v) is 23.6. The Balaban J connectivity index is 0.859. The summed E-state index contributed by atoms with van der Waals surface area (Å²) in [6.45, 7) is 6.56. The fourth-order valence-corrected chi connectivity index (χ4v) is 13.8. The second-order valence-corrected chi connectivity index (χ2v) is 21.1. The summed E-state index contributed by atoms with van der Waals surface area (Å²) in [6, 6.07) is 0. The van der Waals surface area contributed by atoms with Crippen molar-refractivity contribution < 1.29 is 98.9 Å². The zero-order chi connectivity index (χ0) is 46.7. The molecule has 27 atom stereocenters. The Bertz CT molecular complexity index is 1750. The first-order valence-electron chi connectivity index (χ1n) is 23.6. The zero-order valence-electron chi connectivity index (χ0n) is 37.3. The molecule has 20 heteroatoms. The fraction of sp³-hybridized carbons (Fsp3) is 0.933. The lowest BCUT2D eigenvalue weighted by Crippen LogP contribution is -2.67. The number of fused-ring (bicyclic) bond motifs is 7. The van der Waals surface area contributed by atoms with Crippen LogP contribution in [0, 0.1) is 46.3 Å². The Morgan fingerprint density at radius 2 is 1.31 bits per heavy atom. The van der Waals surface area contributed by atoms with E-state index in [9.17, 15) is 61.0 Å². The van der Waals surface area contributed by atoms with Crippen molar-refractivity contribution in [2.45, 2.75) is 189 Å². The molecule has 5 aliphatic heterocycles. The van der Waals surface area contributed by atoms with Crippen LogP contribution in [0.5, 0.6) is 0 Å². The molecule has 9 aliphatic rings. The molecule has 20 nitrogen and oxygen atoms in total. The summed E-state index contributed by atoms with van der Waals surface area (Å²) < 4.78 is 48.4. The molecule has 1 spiro atoms. The summed E-state index contributed by atoms with van der Waals surface area (Å²) in [5.41, 5.74) is 0.308. The van der Waals surface area contributed by atoms with Gasteiger partial charge in [0, 0.05) is 36.0 Å². The number of aliphatic hydroxyl groups excluding tert-OH is 11. The zero-order valence-corrected chi connectivity index (χ0v) is 37.3. The van der Waals surface area contributed by atoms with Crippen LogP contribution in [0.25, 0.3) is 0 Å². The third-order valence-electron chi connectivity index (χ3n) is 17.7. The van der Waals surface area contributed by atoms with E-state index in [1.807, 2.05) is 6.92 Å². The molecular formula is C45H70O20. The molecule has 0 aromatic heterocycles. The van der Waals surface area contributed by atoms with E-state index in [1.165, 1.54) is 0 Å². The third kappa shape index (κ3) is 7.82. The molecule has 9 rings (SSSR count). The van der Waals surface area contributed by atoms with Gasteiger partial charge in [0.15, 0.2) is 24.7 Å². The van der Waals surface area contributed by atoms with Crippen LogP contribution in [-0.4, -0.2) is 205 Å². The first kappa shape index (κ1) is 48.7. The van der Waals surface area contributed by atoms with Crippen molar-refractivity contribution >= 4 is 5.78 Å². The van der Waals surface area contributed by atoms with Crippen molar-refractivity contribution in [2.24, 2.45) is 46.3 Å². The number of carbonyl (C=O) groups excluding carboxylic acids is 1. The van der Waals surface area contributed by atoms with E-state index in [1.54, 1.807) is 0 Å². The van der Waals surface area contributed by atoms with Crippen LogP contribution >= 0.6 is 0 Å². The van der Waals surface area contributed by atoms with Gasteiger partial charge in [-0.1, -0.05) is 39.3 Å². The quantitative estimate of drug-likeness (QED) is 0.105. The number of aliphatic hydroxyl groups is 11. The Labute approximate surface area is 377 Å².